The largest absolute Gasteiger partial charge is 0.494 e. The normalized spacial score (nSPS) is 21.8. The first-order valence-electron chi connectivity index (χ1n) is 8.64. The van der Waals surface area contributed by atoms with Gasteiger partial charge in [0.05, 0.1) is 13.2 Å². The Morgan fingerprint density at radius 3 is 2.92 bits per heavy atom. The van der Waals surface area contributed by atoms with Crippen molar-refractivity contribution in [1.29, 1.82) is 0 Å². The van der Waals surface area contributed by atoms with E-state index in [4.69, 9.17) is 9.26 Å². The van der Waals surface area contributed by atoms with Gasteiger partial charge >= 0.3 is 0 Å². The van der Waals surface area contributed by atoms with Gasteiger partial charge in [0.1, 0.15) is 0 Å². The highest BCUT2D eigenvalue weighted by Crippen LogP contribution is 2.39. The Bertz CT molecular complexity index is 714. The molecule has 2 aliphatic rings. The fourth-order valence-electron chi connectivity index (χ4n) is 3.39. The van der Waals surface area contributed by atoms with Crippen molar-refractivity contribution >= 4 is 0 Å². The highest BCUT2D eigenvalue weighted by molar-refractivity contribution is 5.29. The van der Waals surface area contributed by atoms with E-state index in [-0.39, 0.29) is 17.6 Å². The molecule has 24 heavy (non-hydrogen) atoms. The molecule has 1 aliphatic carbocycles. The van der Waals surface area contributed by atoms with Gasteiger partial charge in [-0.05, 0) is 49.9 Å². The van der Waals surface area contributed by atoms with Crippen LogP contribution in [0.4, 0.5) is 4.39 Å². The van der Waals surface area contributed by atoms with E-state index in [1.54, 1.807) is 12.1 Å². The van der Waals surface area contributed by atoms with Crippen molar-refractivity contribution in [2.24, 2.45) is 0 Å². The molecule has 0 radical (unpaired) electrons. The lowest BCUT2D eigenvalue weighted by Gasteiger charge is -2.33. The number of hydrogen-bond donors (Lipinski definition) is 0. The summed E-state index contributed by atoms with van der Waals surface area (Å²) in [5.74, 6) is 2.02. The predicted molar refractivity (Wildman–Crippen MR) is 86.2 cm³/mol. The number of halogens is 1. The molecule has 0 spiro atoms. The topological polar surface area (TPSA) is 51.4 Å². The third-order valence-corrected chi connectivity index (χ3v) is 4.90. The molecule has 1 aliphatic heterocycles. The summed E-state index contributed by atoms with van der Waals surface area (Å²) in [7, 11) is 1.48. The average molecular weight is 331 g/mol. The second kappa shape index (κ2) is 6.51. The van der Waals surface area contributed by atoms with Crippen LogP contribution in [-0.2, 0) is 6.54 Å². The van der Waals surface area contributed by atoms with E-state index < -0.39 is 0 Å². The maximum atomic E-state index is 13.9. The van der Waals surface area contributed by atoms with Gasteiger partial charge in [-0.25, -0.2) is 4.39 Å². The minimum atomic E-state index is -0.322. The first-order chi connectivity index (χ1) is 11.7. The molecular formula is C18H22FN3O2. The van der Waals surface area contributed by atoms with Gasteiger partial charge < -0.3 is 9.26 Å². The lowest BCUT2D eigenvalue weighted by atomic mass is 10.0. The van der Waals surface area contributed by atoms with Crippen molar-refractivity contribution in [3.63, 3.8) is 0 Å². The molecule has 1 atom stereocenters. The third-order valence-electron chi connectivity index (χ3n) is 4.90. The van der Waals surface area contributed by atoms with Crippen LogP contribution in [0.5, 0.6) is 5.75 Å². The van der Waals surface area contributed by atoms with E-state index in [9.17, 15) is 4.39 Å². The highest BCUT2D eigenvalue weighted by atomic mass is 19.1. The fraction of sp³-hybridized carbons (Fsp3) is 0.556. The lowest BCUT2D eigenvalue weighted by Crippen LogP contribution is -2.33. The number of ether oxygens (including phenoxy) is 1. The molecule has 1 saturated heterocycles. The number of methoxy groups -OCH3 is 1. The number of piperidine rings is 1. The van der Waals surface area contributed by atoms with Crippen molar-refractivity contribution in [3.8, 4) is 5.75 Å². The van der Waals surface area contributed by atoms with Crippen molar-refractivity contribution in [1.82, 2.24) is 15.0 Å². The van der Waals surface area contributed by atoms with Crippen LogP contribution in [0.1, 0.15) is 61.3 Å². The zero-order valence-electron chi connectivity index (χ0n) is 13.9. The van der Waals surface area contributed by atoms with Crippen molar-refractivity contribution in [2.45, 2.75) is 50.6 Å². The van der Waals surface area contributed by atoms with Gasteiger partial charge in [-0.1, -0.05) is 17.6 Å². The molecule has 128 valence electrons. The minimum absolute atomic E-state index is 0.129. The van der Waals surface area contributed by atoms with E-state index in [2.05, 4.69) is 15.0 Å². The third kappa shape index (κ3) is 3.15. The number of aromatic nitrogens is 2. The van der Waals surface area contributed by atoms with E-state index in [1.807, 2.05) is 6.07 Å². The molecule has 0 amide bonds. The highest BCUT2D eigenvalue weighted by Gasteiger charge is 2.33. The van der Waals surface area contributed by atoms with Gasteiger partial charge in [0, 0.05) is 12.5 Å². The number of rotatable bonds is 5. The number of nitrogens with zero attached hydrogens (tertiary/aromatic N) is 3. The molecule has 1 unspecified atom stereocenters. The van der Waals surface area contributed by atoms with Crippen LogP contribution >= 0.6 is 0 Å². The predicted octanol–water partition coefficient (Wildman–Crippen LogP) is 3.82. The zero-order valence-corrected chi connectivity index (χ0v) is 13.9. The Labute approximate surface area is 140 Å². The molecule has 1 aromatic carbocycles. The summed E-state index contributed by atoms with van der Waals surface area (Å²) >= 11 is 0. The summed E-state index contributed by atoms with van der Waals surface area (Å²) in [5, 5.41) is 4.14. The standard InChI is InChI=1S/C18H22FN3O2/c1-23-16-8-5-12(10-14(16)19)11-22-9-3-2-4-15(22)18-20-17(21-24-18)13-6-7-13/h5,8,10,13,15H,2-4,6-7,9,11H2,1H3. The van der Waals surface area contributed by atoms with Gasteiger partial charge in [0.2, 0.25) is 5.89 Å². The van der Waals surface area contributed by atoms with Gasteiger partial charge in [-0.2, -0.15) is 4.98 Å². The number of benzene rings is 1. The van der Waals surface area contributed by atoms with E-state index in [0.29, 0.717) is 18.4 Å². The summed E-state index contributed by atoms with van der Waals surface area (Å²) in [4.78, 5) is 6.93. The quantitative estimate of drug-likeness (QED) is 0.833. The zero-order chi connectivity index (χ0) is 16.5. The van der Waals surface area contributed by atoms with Gasteiger partial charge in [0.25, 0.3) is 0 Å². The minimum Gasteiger partial charge on any atom is -0.494 e. The van der Waals surface area contributed by atoms with Gasteiger partial charge in [0.15, 0.2) is 17.4 Å². The smallest absolute Gasteiger partial charge is 0.244 e. The SMILES string of the molecule is COc1ccc(CN2CCCCC2c2nc(C3CC3)no2)cc1F. The molecule has 1 saturated carbocycles. The summed E-state index contributed by atoms with van der Waals surface area (Å²) in [6, 6.07) is 5.27. The first kappa shape index (κ1) is 15.6. The fourth-order valence-corrected chi connectivity index (χ4v) is 3.39. The number of likely N-dealkylation sites (tertiary alicyclic amines) is 1. The van der Waals surface area contributed by atoms with Crippen molar-refractivity contribution < 1.29 is 13.7 Å². The average Bonchev–Trinajstić information content (AvgIpc) is 3.33. The van der Waals surface area contributed by atoms with Crippen LogP contribution in [-0.4, -0.2) is 28.7 Å². The summed E-state index contributed by atoms with van der Waals surface area (Å²) in [6.07, 6.45) is 5.62. The van der Waals surface area contributed by atoms with Crippen LogP contribution in [0, 0.1) is 5.82 Å². The van der Waals surface area contributed by atoms with Gasteiger partial charge in [-0.3, -0.25) is 4.90 Å². The monoisotopic (exact) mass is 331 g/mol. The van der Waals surface area contributed by atoms with Crippen molar-refractivity contribution in [3.05, 3.63) is 41.3 Å². The van der Waals surface area contributed by atoms with Crippen LogP contribution in [0.2, 0.25) is 0 Å². The second-order valence-electron chi connectivity index (χ2n) is 6.72. The maximum Gasteiger partial charge on any atom is 0.244 e. The Hall–Kier alpha value is -1.95. The van der Waals surface area contributed by atoms with Crippen LogP contribution in [0.15, 0.2) is 22.7 Å². The van der Waals surface area contributed by atoms with E-state index in [1.165, 1.54) is 20.0 Å². The van der Waals surface area contributed by atoms with Crippen LogP contribution in [0.25, 0.3) is 0 Å². The molecule has 4 rings (SSSR count). The molecule has 1 aromatic heterocycles. The van der Waals surface area contributed by atoms with Gasteiger partial charge in [-0.15, -0.1) is 0 Å². The van der Waals surface area contributed by atoms with E-state index in [0.717, 1.165) is 37.2 Å². The molecule has 2 heterocycles. The Morgan fingerprint density at radius 2 is 2.17 bits per heavy atom. The molecule has 2 aromatic rings. The molecule has 0 N–H and O–H groups in total. The molecule has 5 nitrogen and oxygen atoms in total. The second-order valence-corrected chi connectivity index (χ2v) is 6.72. The van der Waals surface area contributed by atoms with Crippen molar-refractivity contribution in [2.75, 3.05) is 13.7 Å². The summed E-state index contributed by atoms with van der Waals surface area (Å²) < 4.78 is 24.5. The van der Waals surface area contributed by atoms with E-state index >= 15 is 0 Å². The summed E-state index contributed by atoms with van der Waals surface area (Å²) in [5.41, 5.74) is 0.933. The molecular weight excluding hydrogens is 309 g/mol. The maximum absolute atomic E-state index is 13.9. The Kier molecular flexibility index (Phi) is 4.22. The summed E-state index contributed by atoms with van der Waals surface area (Å²) in [6.45, 7) is 1.63. The van der Waals surface area contributed by atoms with Crippen LogP contribution in [0.3, 0.4) is 0 Å². The number of hydrogen-bond acceptors (Lipinski definition) is 5. The molecule has 6 heteroatoms. The van der Waals surface area contributed by atoms with Crippen LogP contribution < -0.4 is 4.74 Å². The molecule has 2 fully saturated rings. The lowest BCUT2D eigenvalue weighted by molar-refractivity contribution is 0.111. The molecule has 0 bridgehead atoms. The Balaban J connectivity index is 1.51. The first-order valence-corrected chi connectivity index (χ1v) is 8.64. The Morgan fingerprint density at radius 1 is 1.29 bits per heavy atom.